The van der Waals surface area contributed by atoms with Crippen LogP contribution in [-0.4, -0.2) is 25.2 Å². The average molecular weight is 379 g/mol. The first-order valence-corrected chi connectivity index (χ1v) is 9.34. The van der Waals surface area contributed by atoms with Gasteiger partial charge in [-0.15, -0.1) is 10.2 Å². The third-order valence-corrected chi connectivity index (χ3v) is 5.14. The van der Waals surface area contributed by atoms with Gasteiger partial charge in [-0.3, -0.25) is 9.59 Å². The number of carbonyl (C=O) groups is 1. The van der Waals surface area contributed by atoms with Crippen molar-refractivity contribution in [2.45, 2.75) is 20.0 Å². The Labute approximate surface area is 158 Å². The number of fused-ring (bicyclic) bond motifs is 1. The molecule has 1 aromatic carbocycles. The molecular weight excluding hydrogens is 362 g/mol. The summed E-state index contributed by atoms with van der Waals surface area (Å²) < 4.78 is 3.51. The average Bonchev–Trinajstić information content (AvgIpc) is 3.32. The monoisotopic (exact) mass is 379 g/mol. The largest absolute Gasteiger partial charge is 0.343 e. The standard InChI is InChI=1S/C19H17N5O2S/c1-2-23-10-8-13-9-11-24(19(26)16(13)23)12-15-21-22-18(27-15)17(25)20-14-6-4-3-5-7-14/h3-11H,2,12H2,1H3,(H,20,25). The van der Waals surface area contributed by atoms with Gasteiger partial charge in [-0.25, -0.2) is 0 Å². The van der Waals surface area contributed by atoms with Crippen LogP contribution in [0.2, 0.25) is 0 Å². The highest BCUT2D eigenvalue weighted by molar-refractivity contribution is 7.13. The predicted octanol–water partition coefficient (Wildman–Crippen LogP) is 2.98. The van der Waals surface area contributed by atoms with E-state index in [4.69, 9.17) is 0 Å². The predicted molar refractivity (Wildman–Crippen MR) is 105 cm³/mol. The Kier molecular flexibility index (Phi) is 4.55. The summed E-state index contributed by atoms with van der Waals surface area (Å²) in [6.07, 6.45) is 3.66. The fourth-order valence-electron chi connectivity index (χ4n) is 2.89. The van der Waals surface area contributed by atoms with Crippen molar-refractivity contribution < 1.29 is 4.79 Å². The number of nitrogens with one attached hydrogen (secondary N) is 1. The zero-order valence-corrected chi connectivity index (χ0v) is 15.4. The highest BCUT2D eigenvalue weighted by Crippen LogP contribution is 2.15. The van der Waals surface area contributed by atoms with Crippen LogP contribution in [0.4, 0.5) is 5.69 Å². The number of para-hydroxylation sites is 1. The Bertz CT molecular complexity index is 1160. The minimum atomic E-state index is -0.312. The van der Waals surface area contributed by atoms with Crippen molar-refractivity contribution in [1.82, 2.24) is 19.3 Å². The highest BCUT2D eigenvalue weighted by atomic mass is 32.1. The molecular formula is C19H17N5O2S. The van der Waals surface area contributed by atoms with Gasteiger partial charge in [0, 0.05) is 30.0 Å². The lowest BCUT2D eigenvalue weighted by atomic mass is 10.3. The van der Waals surface area contributed by atoms with Gasteiger partial charge in [-0.2, -0.15) is 0 Å². The van der Waals surface area contributed by atoms with Crippen LogP contribution in [0, 0.1) is 0 Å². The van der Waals surface area contributed by atoms with Crippen LogP contribution in [0.5, 0.6) is 0 Å². The Morgan fingerprint density at radius 1 is 1.07 bits per heavy atom. The SMILES string of the molecule is CCn1ccc2ccn(Cc3nnc(C(=O)Nc4ccccc4)s3)c(=O)c21. The minimum absolute atomic E-state index is 0.0789. The molecule has 0 unspecified atom stereocenters. The quantitative estimate of drug-likeness (QED) is 0.578. The zero-order valence-electron chi connectivity index (χ0n) is 14.6. The lowest BCUT2D eigenvalue weighted by Crippen LogP contribution is -2.21. The molecule has 0 fully saturated rings. The van der Waals surface area contributed by atoms with Gasteiger partial charge in [0.1, 0.15) is 10.5 Å². The van der Waals surface area contributed by atoms with Crippen molar-refractivity contribution in [3.05, 3.63) is 75.2 Å². The molecule has 3 aromatic heterocycles. The van der Waals surface area contributed by atoms with E-state index in [2.05, 4.69) is 15.5 Å². The molecule has 0 saturated heterocycles. The summed E-state index contributed by atoms with van der Waals surface area (Å²) in [4.78, 5) is 25.1. The molecule has 136 valence electrons. The van der Waals surface area contributed by atoms with Crippen molar-refractivity contribution in [1.29, 1.82) is 0 Å². The Hall–Kier alpha value is -3.26. The number of hydrogen-bond donors (Lipinski definition) is 1. The molecule has 4 aromatic rings. The summed E-state index contributed by atoms with van der Waals surface area (Å²) in [6.45, 7) is 3.00. The van der Waals surface area contributed by atoms with Gasteiger partial charge in [-0.05, 0) is 31.2 Å². The molecule has 0 atom stereocenters. The van der Waals surface area contributed by atoms with Crippen LogP contribution in [0.3, 0.4) is 0 Å². The van der Waals surface area contributed by atoms with Gasteiger partial charge in [-0.1, -0.05) is 29.5 Å². The highest BCUT2D eigenvalue weighted by Gasteiger charge is 2.14. The molecule has 0 radical (unpaired) electrons. The van der Waals surface area contributed by atoms with Crippen LogP contribution in [-0.2, 0) is 13.1 Å². The number of aromatic nitrogens is 4. The third kappa shape index (κ3) is 3.39. The molecule has 0 aliphatic heterocycles. The van der Waals surface area contributed by atoms with Crippen molar-refractivity contribution in [3.63, 3.8) is 0 Å². The van der Waals surface area contributed by atoms with E-state index in [1.54, 1.807) is 22.9 Å². The molecule has 0 aliphatic rings. The van der Waals surface area contributed by atoms with Crippen LogP contribution in [0.25, 0.3) is 10.9 Å². The summed E-state index contributed by atoms with van der Waals surface area (Å²) in [5.41, 5.74) is 1.29. The molecule has 1 amide bonds. The summed E-state index contributed by atoms with van der Waals surface area (Å²) in [6, 6.07) is 13.0. The normalized spacial score (nSPS) is 11.0. The second-order valence-corrected chi connectivity index (χ2v) is 7.04. The summed E-state index contributed by atoms with van der Waals surface area (Å²) in [7, 11) is 0. The van der Waals surface area contributed by atoms with Gasteiger partial charge in [0.2, 0.25) is 5.01 Å². The van der Waals surface area contributed by atoms with E-state index in [1.807, 2.05) is 48.0 Å². The number of pyridine rings is 1. The number of hydrogen-bond acceptors (Lipinski definition) is 5. The topological polar surface area (TPSA) is 81.8 Å². The lowest BCUT2D eigenvalue weighted by Gasteiger charge is -2.05. The van der Waals surface area contributed by atoms with Crippen molar-refractivity contribution >= 4 is 33.8 Å². The Balaban J connectivity index is 1.56. The fraction of sp³-hybridized carbons (Fsp3) is 0.158. The molecule has 8 heteroatoms. The minimum Gasteiger partial charge on any atom is -0.343 e. The van der Waals surface area contributed by atoms with Gasteiger partial charge < -0.3 is 14.5 Å². The molecule has 3 heterocycles. The van der Waals surface area contributed by atoms with E-state index in [0.717, 1.165) is 11.9 Å². The first-order chi connectivity index (χ1) is 13.2. The van der Waals surface area contributed by atoms with E-state index in [1.165, 1.54) is 11.3 Å². The summed E-state index contributed by atoms with van der Waals surface area (Å²) in [5, 5.41) is 12.6. The van der Waals surface area contributed by atoms with Crippen LogP contribution in [0.15, 0.2) is 59.7 Å². The number of anilines is 1. The van der Waals surface area contributed by atoms with Gasteiger partial charge in [0.15, 0.2) is 0 Å². The maximum atomic E-state index is 12.8. The number of rotatable bonds is 5. The number of nitrogens with zero attached hydrogens (tertiary/aromatic N) is 4. The summed E-state index contributed by atoms with van der Waals surface area (Å²) >= 11 is 1.18. The number of aryl methyl sites for hydroxylation is 1. The number of benzene rings is 1. The lowest BCUT2D eigenvalue weighted by molar-refractivity contribution is 0.102. The van der Waals surface area contributed by atoms with E-state index < -0.39 is 0 Å². The van der Waals surface area contributed by atoms with E-state index in [0.29, 0.717) is 16.2 Å². The molecule has 27 heavy (non-hydrogen) atoms. The van der Waals surface area contributed by atoms with E-state index in [9.17, 15) is 9.59 Å². The molecule has 4 rings (SSSR count). The van der Waals surface area contributed by atoms with Gasteiger partial charge in [0.25, 0.3) is 11.5 Å². The third-order valence-electron chi connectivity index (χ3n) is 4.23. The Morgan fingerprint density at radius 3 is 2.56 bits per heavy atom. The maximum Gasteiger partial charge on any atom is 0.286 e. The number of carbonyl (C=O) groups excluding carboxylic acids is 1. The maximum absolute atomic E-state index is 12.8. The van der Waals surface area contributed by atoms with Gasteiger partial charge >= 0.3 is 0 Å². The second kappa shape index (κ2) is 7.16. The smallest absolute Gasteiger partial charge is 0.286 e. The fourth-order valence-corrected chi connectivity index (χ4v) is 3.63. The molecule has 7 nitrogen and oxygen atoms in total. The first-order valence-electron chi connectivity index (χ1n) is 8.53. The van der Waals surface area contributed by atoms with Gasteiger partial charge in [0.05, 0.1) is 6.54 Å². The molecule has 0 bridgehead atoms. The first kappa shape index (κ1) is 17.2. The van der Waals surface area contributed by atoms with Crippen LogP contribution < -0.4 is 10.9 Å². The van der Waals surface area contributed by atoms with E-state index >= 15 is 0 Å². The van der Waals surface area contributed by atoms with Crippen LogP contribution in [0.1, 0.15) is 21.7 Å². The summed E-state index contributed by atoms with van der Waals surface area (Å²) in [5.74, 6) is -0.312. The zero-order chi connectivity index (χ0) is 18.8. The van der Waals surface area contributed by atoms with Crippen molar-refractivity contribution in [3.8, 4) is 0 Å². The van der Waals surface area contributed by atoms with E-state index in [-0.39, 0.29) is 23.0 Å². The molecule has 0 saturated carbocycles. The van der Waals surface area contributed by atoms with Crippen molar-refractivity contribution in [2.24, 2.45) is 0 Å². The molecule has 0 spiro atoms. The Morgan fingerprint density at radius 2 is 1.81 bits per heavy atom. The molecule has 1 N–H and O–H groups in total. The van der Waals surface area contributed by atoms with Crippen molar-refractivity contribution in [2.75, 3.05) is 5.32 Å². The van der Waals surface area contributed by atoms with Crippen LogP contribution >= 0.6 is 11.3 Å². The number of amides is 1. The second-order valence-electron chi connectivity index (χ2n) is 5.98. The molecule has 0 aliphatic carbocycles.